The summed E-state index contributed by atoms with van der Waals surface area (Å²) in [5.41, 5.74) is 4.33. The van der Waals surface area contributed by atoms with Crippen LogP contribution in [-0.4, -0.2) is 29.8 Å². The van der Waals surface area contributed by atoms with Crippen molar-refractivity contribution in [3.8, 4) is 11.5 Å². The first-order valence-electron chi connectivity index (χ1n) is 10.4. The van der Waals surface area contributed by atoms with E-state index in [0.29, 0.717) is 36.4 Å². The molecule has 0 saturated heterocycles. The number of allylic oxidation sites excluding steroid dienone is 4. The first-order chi connectivity index (χ1) is 13.7. The lowest BCUT2D eigenvalue weighted by Crippen LogP contribution is -2.49. The molecule has 1 aromatic rings. The quantitative estimate of drug-likeness (QED) is 0.664. The van der Waals surface area contributed by atoms with Gasteiger partial charge in [-0.05, 0) is 59.4 Å². The lowest BCUT2D eigenvalue weighted by molar-refractivity contribution is -0.0598. The minimum Gasteiger partial charge on any atom is -0.496 e. The third-order valence-electron chi connectivity index (χ3n) is 6.00. The van der Waals surface area contributed by atoms with Crippen LogP contribution in [0.15, 0.2) is 29.4 Å². The van der Waals surface area contributed by atoms with Gasteiger partial charge in [-0.25, -0.2) is 0 Å². The van der Waals surface area contributed by atoms with Crippen molar-refractivity contribution in [1.29, 1.82) is 0 Å². The molecule has 0 unspecified atom stereocenters. The van der Waals surface area contributed by atoms with Gasteiger partial charge in [-0.1, -0.05) is 23.3 Å². The molecule has 2 aliphatic rings. The molecule has 0 saturated carbocycles. The summed E-state index contributed by atoms with van der Waals surface area (Å²) in [6.45, 7) is 8.81. The molecule has 0 radical (unpaired) electrons. The lowest BCUT2D eigenvalue weighted by Gasteiger charge is -2.41. The van der Waals surface area contributed by atoms with Gasteiger partial charge in [0.05, 0.1) is 18.8 Å². The molecular formula is C24H33NO4. The summed E-state index contributed by atoms with van der Waals surface area (Å²) in [5, 5.41) is 13.7. The summed E-state index contributed by atoms with van der Waals surface area (Å²) in [6.07, 6.45) is 7.98. The maximum absolute atomic E-state index is 12.1. The SMILES string of the molecule is COc1cc2c(c3c1C[C@H](O)[C@](C)(CC/C=C(\C)CCC=C(C)C)O3)CNC2=O. The highest BCUT2D eigenvalue weighted by atomic mass is 16.5. The molecule has 0 fully saturated rings. The van der Waals surface area contributed by atoms with E-state index in [2.05, 4.69) is 38.2 Å². The van der Waals surface area contributed by atoms with E-state index < -0.39 is 11.7 Å². The third kappa shape index (κ3) is 4.50. The predicted molar refractivity (Wildman–Crippen MR) is 115 cm³/mol. The standard InChI is InChI=1S/C24H33NO4/c1-15(2)8-6-9-16(3)10-7-11-24(4)21(26)13-18-20(28-5)12-17-19(22(18)29-24)14-25-23(17)27/h8,10,12,21,26H,6-7,9,11,13-14H2,1-5H3,(H,25,27)/b16-10+/t21-,24-/m0/s1. The maximum Gasteiger partial charge on any atom is 0.252 e. The number of hydrogen-bond donors (Lipinski definition) is 2. The van der Waals surface area contributed by atoms with Crippen LogP contribution in [0.25, 0.3) is 0 Å². The molecule has 3 rings (SSSR count). The number of hydrogen-bond acceptors (Lipinski definition) is 4. The zero-order valence-corrected chi connectivity index (χ0v) is 18.2. The van der Waals surface area contributed by atoms with Crippen LogP contribution >= 0.6 is 0 Å². The molecule has 5 heteroatoms. The number of benzene rings is 1. The minimum absolute atomic E-state index is 0.104. The number of carbonyl (C=O) groups is 1. The first kappa shape index (κ1) is 21.4. The number of carbonyl (C=O) groups excluding carboxylic acids is 1. The normalized spacial score (nSPS) is 23.0. The van der Waals surface area contributed by atoms with Crippen molar-refractivity contribution in [3.63, 3.8) is 0 Å². The first-order valence-corrected chi connectivity index (χ1v) is 10.4. The molecule has 2 aliphatic heterocycles. The van der Waals surface area contributed by atoms with Gasteiger partial charge in [-0.2, -0.15) is 0 Å². The molecule has 0 aromatic heterocycles. The van der Waals surface area contributed by atoms with Crippen LogP contribution in [0.3, 0.4) is 0 Å². The monoisotopic (exact) mass is 399 g/mol. The van der Waals surface area contributed by atoms with Gasteiger partial charge < -0.3 is 19.9 Å². The molecule has 2 heterocycles. The van der Waals surface area contributed by atoms with E-state index in [1.165, 1.54) is 11.1 Å². The van der Waals surface area contributed by atoms with Crippen molar-refractivity contribution in [3.05, 3.63) is 46.1 Å². The summed E-state index contributed by atoms with van der Waals surface area (Å²) in [6, 6.07) is 1.76. The maximum atomic E-state index is 12.1. The Morgan fingerprint density at radius 1 is 1.31 bits per heavy atom. The van der Waals surface area contributed by atoms with Crippen LogP contribution in [0.5, 0.6) is 11.5 Å². The fourth-order valence-corrected chi connectivity index (χ4v) is 4.09. The molecule has 2 atom stereocenters. The van der Waals surface area contributed by atoms with Gasteiger partial charge >= 0.3 is 0 Å². The van der Waals surface area contributed by atoms with E-state index in [9.17, 15) is 9.90 Å². The van der Waals surface area contributed by atoms with Gasteiger partial charge in [0.1, 0.15) is 17.1 Å². The number of nitrogens with one attached hydrogen (secondary N) is 1. The van der Waals surface area contributed by atoms with Crippen molar-refractivity contribution in [1.82, 2.24) is 5.32 Å². The highest BCUT2D eigenvalue weighted by Gasteiger charge is 2.43. The van der Waals surface area contributed by atoms with Gasteiger partial charge in [-0.15, -0.1) is 0 Å². The minimum atomic E-state index is -0.699. The van der Waals surface area contributed by atoms with E-state index in [-0.39, 0.29) is 5.91 Å². The van der Waals surface area contributed by atoms with Crippen molar-refractivity contribution < 1.29 is 19.4 Å². The largest absolute Gasteiger partial charge is 0.496 e. The van der Waals surface area contributed by atoms with Crippen LogP contribution in [0.4, 0.5) is 0 Å². The predicted octanol–water partition coefficient (Wildman–Crippen LogP) is 4.47. The second-order valence-corrected chi connectivity index (χ2v) is 8.64. The van der Waals surface area contributed by atoms with Gasteiger partial charge in [0.15, 0.2) is 0 Å². The number of aliphatic hydroxyl groups excluding tert-OH is 1. The van der Waals surface area contributed by atoms with Crippen LogP contribution in [-0.2, 0) is 13.0 Å². The smallest absolute Gasteiger partial charge is 0.252 e. The Balaban J connectivity index is 1.76. The third-order valence-corrected chi connectivity index (χ3v) is 6.00. The van der Waals surface area contributed by atoms with Crippen LogP contribution < -0.4 is 14.8 Å². The van der Waals surface area contributed by atoms with E-state index in [4.69, 9.17) is 9.47 Å². The van der Waals surface area contributed by atoms with Crippen LogP contribution in [0.2, 0.25) is 0 Å². The Bertz CT molecular complexity index is 851. The fourth-order valence-electron chi connectivity index (χ4n) is 4.09. The summed E-state index contributed by atoms with van der Waals surface area (Å²) < 4.78 is 11.9. The van der Waals surface area contributed by atoms with E-state index in [1.807, 2.05) is 6.92 Å². The number of ether oxygens (including phenoxy) is 2. The zero-order chi connectivity index (χ0) is 21.2. The average Bonchev–Trinajstić information content (AvgIpc) is 3.03. The second-order valence-electron chi connectivity index (χ2n) is 8.64. The Labute approximate surface area is 173 Å². The summed E-state index contributed by atoms with van der Waals surface area (Å²) >= 11 is 0. The highest BCUT2D eigenvalue weighted by molar-refractivity contribution is 6.00. The molecule has 0 spiro atoms. The number of aliphatic hydroxyl groups is 1. The number of fused-ring (bicyclic) bond motifs is 3. The van der Waals surface area contributed by atoms with Gasteiger partial charge in [-0.3, -0.25) is 4.79 Å². The summed E-state index contributed by atoms with van der Waals surface area (Å²) in [4.78, 5) is 12.1. The van der Waals surface area contributed by atoms with Crippen LogP contribution in [0.1, 0.15) is 74.9 Å². The topological polar surface area (TPSA) is 67.8 Å². The Hall–Kier alpha value is -2.27. The van der Waals surface area contributed by atoms with Gasteiger partial charge in [0, 0.05) is 24.1 Å². The van der Waals surface area contributed by atoms with E-state index >= 15 is 0 Å². The number of rotatable bonds is 7. The van der Waals surface area contributed by atoms with Crippen LogP contribution in [0, 0.1) is 0 Å². The van der Waals surface area contributed by atoms with E-state index in [0.717, 1.165) is 30.4 Å². The molecule has 5 nitrogen and oxygen atoms in total. The molecule has 0 aliphatic carbocycles. The fraction of sp³-hybridized carbons (Fsp3) is 0.542. The Kier molecular flexibility index (Phi) is 6.37. The number of methoxy groups -OCH3 is 1. The summed E-state index contributed by atoms with van der Waals surface area (Å²) in [7, 11) is 1.58. The molecule has 1 aromatic carbocycles. The molecule has 0 bridgehead atoms. The molecule has 2 N–H and O–H groups in total. The average molecular weight is 400 g/mol. The second kappa shape index (κ2) is 8.62. The van der Waals surface area contributed by atoms with Gasteiger partial charge in [0.25, 0.3) is 5.91 Å². The molecule has 1 amide bonds. The lowest BCUT2D eigenvalue weighted by atomic mass is 9.84. The van der Waals surface area contributed by atoms with Crippen molar-refractivity contribution in [2.75, 3.05) is 7.11 Å². The zero-order valence-electron chi connectivity index (χ0n) is 18.2. The molecule has 29 heavy (non-hydrogen) atoms. The van der Waals surface area contributed by atoms with Crippen molar-refractivity contribution in [2.24, 2.45) is 0 Å². The Morgan fingerprint density at radius 2 is 2.07 bits per heavy atom. The van der Waals surface area contributed by atoms with Crippen molar-refractivity contribution >= 4 is 5.91 Å². The Morgan fingerprint density at radius 3 is 2.76 bits per heavy atom. The highest BCUT2D eigenvalue weighted by Crippen LogP contribution is 2.45. The van der Waals surface area contributed by atoms with Gasteiger partial charge in [0.2, 0.25) is 0 Å². The molecular weight excluding hydrogens is 366 g/mol. The molecule has 158 valence electrons. The summed E-state index contributed by atoms with van der Waals surface area (Å²) in [5.74, 6) is 1.20. The van der Waals surface area contributed by atoms with Crippen molar-refractivity contribution in [2.45, 2.75) is 78.0 Å². The van der Waals surface area contributed by atoms with E-state index in [1.54, 1.807) is 13.2 Å². The number of amides is 1.